The zero-order valence-corrected chi connectivity index (χ0v) is 16.4. The molecule has 4 nitrogen and oxygen atoms in total. The van der Waals surface area contributed by atoms with Gasteiger partial charge in [-0.3, -0.25) is 9.88 Å². The smallest absolute Gasteiger partial charge is 0.137 e. The van der Waals surface area contributed by atoms with Gasteiger partial charge in [0, 0.05) is 36.1 Å². The van der Waals surface area contributed by atoms with Crippen LogP contribution in [0.25, 0.3) is 0 Å². The van der Waals surface area contributed by atoms with E-state index in [1.165, 1.54) is 24.5 Å². The first-order valence-corrected chi connectivity index (χ1v) is 9.68. The molecule has 2 aliphatic heterocycles. The number of benzene rings is 1. The number of halogens is 1. The molecule has 2 fully saturated rings. The molecule has 27 heavy (non-hydrogen) atoms. The Hall–Kier alpha value is -2.14. The van der Waals surface area contributed by atoms with Gasteiger partial charge >= 0.3 is 0 Å². The number of rotatable bonds is 4. The molecular weight excluding hydrogens is 341 g/mol. The SMILES string of the molecule is COc1cncc(CN2CCCC23CN(c2cccc(F)c2)C(C)(C)C3)c1. The average Bonchev–Trinajstić information content (AvgIpc) is 3.14. The van der Waals surface area contributed by atoms with Gasteiger partial charge in [-0.15, -0.1) is 0 Å². The average molecular weight is 369 g/mol. The maximum Gasteiger partial charge on any atom is 0.137 e. The molecule has 3 heterocycles. The van der Waals surface area contributed by atoms with Crippen LogP contribution in [0, 0.1) is 5.82 Å². The monoisotopic (exact) mass is 369 g/mol. The highest BCUT2D eigenvalue weighted by Gasteiger charge is 2.53. The van der Waals surface area contributed by atoms with Gasteiger partial charge in [-0.25, -0.2) is 4.39 Å². The van der Waals surface area contributed by atoms with Crippen LogP contribution < -0.4 is 9.64 Å². The Morgan fingerprint density at radius 3 is 2.85 bits per heavy atom. The Bertz CT molecular complexity index is 825. The molecule has 1 atom stereocenters. The summed E-state index contributed by atoms with van der Waals surface area (Å²) in [6, 6.07) is 9.07. The molecule has 0 aliphatic carbocycles. The van der Waals surface area contributed by atoms with Crippen molar-refractivity contribution in [2.75, 3.05) is 25.1 Å². The quantitative estimate of drug-likeness (QED) is 0.805. The second kappa shape index (κ2) is 6.79. The Morgan fingerprint density at radius 2 is 2.07 bits per heavy atom. The lowest BCUT2D eigenvalue weighted by Gasteiger charge is -2.35. The van der Waals surface area contributed by atoms with Crippen molar-refractivity contribution in [3.05, 3.63) is 54.1 Å². The molecule has 0 N–H and O–H groups in total. The third-order valence-corrected chi connectivity index (χ3v) is 6.18. The van der Waals surface area contributed by atoms with Gasteiger partial charge < -0.3 is 9.64 Å². The first kappa shape index (κ1) is 18.2. The van der Waals surface area contributed by atoms with E-state index in [-0.39, 0.29) is 16.9 Å². The Morgan fingerprint density at radius 1 is 1.22 bits per heavy atom. The van der Waals surface area contributed by atoms with E-state index < -0.39 is 0 Å². The lowest BCUT2D eigenvalue weighted by Crippen LogP contribution is -2.45. The second-order valence-corrected chi connectivity index (χ2v) is 8.54. The Kier molecular flexibility index (Phi) is 4.58. The van der Waals surface area contributed by atoms with Crippen LogP contribution in [0.2, 0.25) is 0 Å². The van der Waals surface area contributed by atoms with Crippen molar-refractivity contribution in [3.63, 3.8) is 0 Å². The van der Waals surface area contributed by atoms with E-state index in [0.29, 0.717) is 0 Å². The number of methoxy groups -OCH3 is 1. The van der Waals surface area contributed by atoms with Crippen molar-refractivity contribution in [2.45, 2.75) is 50.7 Å². The van der Waals surface area contributed by atoms with Crippen LogP contribution >= 0.6 is 0 Å². The van der Waals surface area contributed by atoms with Crippen LogP contribution in [0.1, 0.15) is 38.7 Å². The fourth-order valence-corrected chi connectivity index (χ4v) is 5.05. The zero-order chi connectivity index (χ0) is 19.1. The van der Waals surface area contributed by atoms with E-state index in [1.54, 1.807) is 25.4 Å². The predicted octanol–water partition coefficient (Wildman–Crippen LogP) is 4.25. The predicted molar refractivity (Wildman–Crippen MR) is 106 cm³/mol. The van der Waals surface area contributed by atoms with Gasteiger partial charge in [-0.05, 0) is 69.5 Å². The molecule has 4 rings (SSSR count). The summed E-state index contributed by atoms with van der Waals surface area (Å²) < 4.78 is 19.2. The molecule has 5 heteroatoms. The number of ether oxygens (including phenoxy) is 1. The van der Waals surface area contributed by atoms with Crippen LogP contribution in [0.3, 0.4) is 0 Å². The highest BCUT2D eigenvalue weighted by Crippen LogP contribution is 2.47. The number of likely N-dealkylation sites (tertiary alicyclic amines) is 1. The van der Waals surface area contributed by atoms with Crippen LogP contribution in [0.4, 0.5) is 10.1 Å². The minimum absolute atomic E-state index is 0.0109. The third-order valence-electron chi connectivity index (χ3n) is 6.18. The maximum absolute atomic E-state index is 13.8. The van der Waals surface area contributed by atoms with Gasteiger partial charge in [0.15, 0.2) is 0 Å². The van der Waals surface area contributed by atoms with Crippen LogP contribution in [0.5, 0.6) is 5.75 Å². The van der Waals surface area contributed by atoms with Crippen molar-refractivity contribution >= 4 is 5.69 Å². The first-order chi connectivity index (χ1) is 12.9. The molecule has 1 unspecified atom stereocenters. The summed E-state index contributed by atoms with van der Waals surface area (Å²) in [7, 11) is 1.68. The van der Waals surface area contributed by atoms with E-state index in [4.69, 9.17) is 4.74 Å². The summed E-state index contributed by atoms with van der Waals surface area (Å²) >= 11 is 0. The molecule has 0 amide bonds. The normalized spacial score (nSPS) is 24.7. The van der Waals surface area contributed by atoms with E-state index >= 15 is 0 Å². The zero-order valence-electron chi connectivity index (χ0n) is 16.4. The molecule has 2 saturated heterocycles. The topological polar surface area (TPSA) is 28.6 Å². The minimum atomic E-state index is -0.171. The molecule has 1 aromatic heterocycles. The number of pyridine rings is 1. The molecule has 1 aromatic carbocycles. The van der Waals surface area contributed by atoms with Gasteiger partial charge in [0.2, 0.25) is 0 Å². The summed E-state index contributed by atoms with van der Waals surface area (Å²) in [6.07, 6.45) is 7.13. The Labute approximate surface area is 161 Å². The molecule has 0 radical (unpaired) electrons. The van der Waals surface area contributed by atoms with Crippen LogP contribution in [-0.2, 0) is 6.54 Å². The van der Waals surface area contributed by atoms with Gasteiger partial charge in [0.05, 0.1) is 13.3 Å². The maximum atomic E-state index is 13.8. The molecule has 0 bridgehead atoms. The first-order valence-electron chi connectivity index (χ1n) is 9.68. The van der Waals surface area contributed by atoms with Gasteiger partial charge in [0.25, 0.3) is 0 Å². The van der Waals surface area contributed by atoms with Gasteiger partial charge in [-0.2, -0.15) is 0 Å². The van der Waals surface area contributed by atoms with Crippen molar-refractivity contribution in [1.29, 1.82) is 0 Å². The van der Waals surface area contributed by atoms with Crippen molar-refractivity contribution in [3.8, 4) is 5.75 Å². The number of anilines is 1. The number of aromatic nitrogens is 1. The van der Waals surface area contributed by atoms with Crippen LogP contribution in [-0.4, -0.2) is 41.2 Å². The van der Waals surface area contributed by atoms with Gasteiger partial charge in [-0.1, -0.05) is 6.07 Å². The van der Waals surface area contributed by atoms with E-state index in [1.807, 2.05) is 12.3 Å². The number of hydrogen-bond acceptors (Lipinski definition) is 4. The largest absolute Gasteiger partial charge is 0.495 e. The summed E-state index contributed by atoms with van der Waals surface area (Å²) in [6.45, 7) is 7.44. The molecule has 1 spiro atoms. The van der Waals surface area contributed by atoms with Gasteiger partial charge in [0.1, 0.15) is 11.6 Å². The molecule has 2 aromatic rings. The summed E-state index contributed by atoms with van der Waals surface area (Å²) in [5.41, 5.74) is 2.27. The lowest BCUT2D eigenvalue weighted by molar-refractivity contribution is 0.141. The third kappa shape index (κ3) is 3.41. The lowest BCUT2D eigenvalue weighted by atomic mass is 9.87. The molecular formula is C22H28FN3O. The highest BCUT2D eigenvalue weighted by atomic mass is 19.1. The van der Waals surface area contributed by atoms with Crippen molar-refractivity contribution < 1.29 is 9.13 Å². The van der Waals surface area contributed by atoms with E-state index in [9.17, 15) is 4.39 Å². The van der Waals surface area contributed by atoms with E-state index in [2.05, 4.69) is 34.7 Å². The fraction of sp³-hybridized carbons (Fsp3) is 0.500. The van der Waals surface area contributed by atoms with Crippen LogP contribution in [0.15, 0.2) is 42.7 Å². The van der Waals surface area contributed by atoms with Crippen molar-refractivity contribution in [1.82, 2.24) is 9.88 Å². The standard InChI is InChI=1S/C22H28FN3O/c1-21(2)15-22(16-26(21)19-7-4-6-18(23)11-19)8-5-9-25(22)14-17-10-20(27-3)13-24-12-17/h4,6-7,10-13H,5,8-9,14-16H2,1-3H3. The second-order valence-electron chi connectivity index (χ2n) is 8.54. The highest BCUT2D eigenvalue weighted by molar-refractivity contribution is 5.52. The number of nitrogens with zero attached hydrogens (tertiary/aromatic N) is 3. The molecule has 144 valence electrons. The number of hydrogen-bond donors (Lipinski definition) is 0. The summed E-state index contributed by atoms with van der Waals surface area (Å²) in [5.74, 6) is 0.629. The molecule has 0 saturated carbocycles. The minimum Gasteiger partial charge on any atom is -0.495 e. The fourth-order valence-electron chi connectivity index (χ4n) is 5.05. The summed E-state index contributed by atoms with van der Waals surface area (Å²) in [4.78, 5) is 9.30. The summed E-state index contributed by atoms with van der Waals surface area (Å²) in [5, 5.41) is 0. The van der Waals surface area contributed by atoms with E-state index in [0.717, 1.165) is 37.5 Å². The Balaban J connectivity index is 1.60. The molecule has 2 aliphatic rings. The van der Waals surface area contributed by atoms with Crippen molar-refractivity contribution in [2.24, 2.45) is 0 Å².